The van der Waals surface area contributed by atoms with E-state index in [4.69, 9.17) is 17.3 Å². The van der Waals surface area contributed by atoms with E-state index in [1.807, 2.05) is 0 Å². The first-order valence-electron chi connectivity index (χ1n) is 5.72. The van der Waals surface area contributed by atoms with Gasteiger partial charge < -0.3 is 10.5 Å². The number of nitrogens with two attached hydrogens (primary N) is 1. The van der Waals surface area contributed by atoms with E-state index in [0.717, 1.165) is 0 Å². The van der Waals surface area contributed by atoms with Crippen molar-refractivity contribution in [3.05, 3.63) is 64.7 Å². The minimum Gasteiger partial charge on any atom is -0.406 e. The summed E-state index contributed by atoms with van der Waals surface area (Å²) in [5.74, 6) is -0.285. The fourth-order valence-corrected chi connectivity index (χ4v) is 2.04. The number of halogens is 4. The first-order chi connectivity index (χ1) is 9.37. The van der Waals surface area contributed by atoms with Crippen LogP contribution < -0.4 is 10.5 Å². The van der Waals surface area contributed by atoms with E-state index in [1.165, 1.54) is 24.3 Å². The molecule has 0 aromatic heterocycles. The van der Waals surface area contributed by atoms with Crippen molar-refractivity contribution >= 4 is 11.6 Å². The van der Waals surface area contributed by atoms with E-state index in [2.05, 4.69) is 4.74 Å². The number of hydrogen-bond acceptors (Lipinski definition) is 2. The molecule has 0 spiro atoms. The SMILES string of the molecule is NC(c1ccc(OC(F)(F)F)cc1)c1ccccc1Cl. The van der Waals surface area contributed by atoms with Gasteiger partial charge in [0.15, 0.2) is 0 Å². The highest BCUT2D eigenvalue weighted by Gasteiger charge is 2.31. The quantitative estimate of drug-likeness (QED) is 0.918. The molecule has 2 aromatic carbocycles. The van der Waals surface area contributed by atoms with Gasteiger partial charge in [-0.05, 0) is 29.3 Å². The van der Waals surface area contributed by atoms with Crippen molar-refractivity contribution in [3.8, 4) is 5.75 Å². The molecule has 0 saturated carbocycles. The summed E-state index contributed by atoms with van der Waals surface area (Å²) in [5.41, 5.74) is 7.40. The summed E-state index contributed by atoms with van der Waals surface area (Å²) in [6.07, 6.45) is -4.70. The summed E-state index contributed by atoms with van der Waals surface area (Å²) < 4.78 is 40.0. The van der Waals surface area contributed by atoms with Crippen molar-refractivity contribution in [2.24, 2.45) is 5.73 Å². The molecule has 0 bridgehead atoms. The number of hydrogen-bond donors (Lipinski definition) is 1. The Balaban J connectivity index is 2.20. The van der Waals surface area contributed by atoms with E-state index in [-0.39, 0.29) is 5.75 Å². The molecule has 20 heavy (non-hydrogen) atoms. The number of rotatable bonds is 3. The van der Waals surface area contributed by atoms with Crippen LogP contribution >= 0.6 is 11.6 Å². The zero-order chi connectivity index (χ0) is 14.8. The lowest BCUT2D eigenvalue weighted by atomic mass is 9.99. The Hall–Kier alpha value is -1.72. The number of ether oxygens (including phenoxy) is 1. The second-order valence-corrected chi connectivity index (χ2v) is 4.52. The van der Waals surface area contributed by atoms with Crippen molar-refractivity contribution in [1.29, 1.82) is 0 Å². The lowest BCUT2D eigenvalue weighted by molar-refractivity contribution is -0.274. The number of alkyl halides is 3. The summed E-state index contributed by atoms with van der Waals surface area (Å²) in [5, 5.41) is 0.510. The van der Waals surface area contributed by atoms with E-state index < -0.39 is 12.4 Å². The predicted octanol–water partition coefficient (Wildman–Crippen LogP) is 4.29. The molecule has 2 rings (SSSR count). The van der Waals surface area contributed by atoms with Gasteiger partial charge in [0.25, 0.3) is 0 Å². The van der Waals surface area contributed by atoms with Gasteiger partial charge in [-0.25, -0.2) is 0 Å². The Morgan fingerprint density at radius 1 is 1.00 bits per heavy atom. The van der Waals surface area contributed by atoms with Crippen LogP contribution in [-0.4, -0.2) is 6.36 Å². The summed E-state index contributed by atoms with van der Waals surface area (Å²) >= 11 is 6.03. The van der Waals surface area contributed by atoms with Crippen LogP contribution in [0.4, 0.5) is 13.2 Å². The molecule has 0 aliphatic rings. The first kappa shape index (κ1) is 14.7. The van der Waals surface area contributed by atoms with Gasteiger partial charge in [-0.3, -0.25) is 0 Å². The average molecular weight is 302 g/mol. The Morgan fingerprint density at radius 3 is 2.15 bits per heavy atom. The molecule has 0 radical (unpaired) electrons. The number of benzene rings is 2. The minimum atomic E-state index is -4.70. The second-order valence-electron chi connectivity index (χ2n) is 4.12. The largest absolute Gasteiger partial charge is 0.573 e. The van der Waals surface area contributed by atoms with E-state index in [0.29, 0.717) is 16.1 Å². The maximum absolute atomic E-state index is 12.1. The monoisotopic (exact) mass is 301 g/mol. The highest BCUT2D eigenvalue weighted by Crippen LogP contribution is 2.28. The molecule has 0 heterocycles. The van der Waals surface area contributed by atoms with E-state index in [1.54, 1.807) is 24.3 Å². The standard InChI is InChI=1S/C14H11ClF3NO/c15-12-4-2-1-3-11(12)13(19)9-5-7-10(8-6-9)20-14(16,17)18/h1-8,13H,19H2. The van der Waals surface area contributed by atoms with Crippen molar-refractivity contribution in [2.75, 3.05) is 0 Å². The fraction of sp³-hybridized carbons (Fsp3) is 0.143. The zero-order valence-electron chi connectivity index (χ0n) is 10.2. The van der Waals surface area contributed by atoms with Crippen molar-refractivity contribution in [1.82, 2.24) is 0 Å². The van der Waals surface area contributed by atoms with Gasteiger partial charge in [0, 0.05) is 5.02 Å². The van der Waals surface area contributed by atoms with Crippen LogP contribution in [0.5, 0.6) is 5.75 Å². The molecule has 106 valence electrons. The molecule has 0 saturated heterocycles. The van der Waals surface area contributed by atoms with Gasteiger partial charge in [-0.2, -0.15) is 0 Å². The highest BCUT2D eigenvalue weighted by atomic mass is 35.5. The van der Waals surface area contributed by atoms with Crippen molar-refractivity contribution in [3.63, 3.8) is 0 Å². The van der Waals surface area contributed by atoms with Gasteiger partial charge in [-0.15, -0.1) is 13.2 Å². The van der Waals surface area contributed by atoms with Crippen LogP contribution in [-0.2, 0) is 0 Å². The van der Waals surface area contributed by atoms with Gasteiger partial charge in [0.2, 0.25) is 0 Å². The summed E-state index contributed by atoms with van der Waals surface area (Å²) in [6, 6.07) is 11.9. The van der Waals surface area contributed by atoms with Crippen LogP contribution in [0.3, 0.4) is 0 Å². The van der Waals surface area contributed by atoms with Crippen molar-refractivity contribution < 1.29 is 17.9 Å². The fourth-order valence-electron chi connectivity index (χ4n) is 1.78. The molecule has 2 nitrogen and oxygen atoms in total. The lowest BCUT2D eigenvalue weighted by Gasteiger charge is -2.15. The summed E-state index contributed by atoms with van der Waals surface area (Å²) in [4.78, 5) is 0. The Labute approximate surface area is 118 Å². The summed E-state index contributed by atoms with van der Waals surface area (Å²) in [7, 11) is 0. The average Bonchev–Trinajstić information content (AvgIpc) is 2.37. The van der Waals surface area contributed by atoms with Crippen molar-refractivity contribution in [2.45, 2.75) is 12.4 Å². The maximum atomic E-state index is 12.1. The van der Waals surface area contributed by atoms with Crippen LogP contribution in [0.25, 0.3) is 0 Å². The van der Waals surface area contributed by atoms with Crippen LogP contribution in [0.1, 0.15) is 17.2 Å². The minimum absolute atomic E-state index is 0.285. The van der Waals surface area contributed by atoms with E-state index >= 15 is 0 Å². The third-order valence-electron chi connectivity index (χ3n) is 2.71. The molecule has 0 aliphatic heterocycles. The Morgan fingerprint density at radius 2 is 1.60 bits per heavy atom. The van der Waals surface area contributed by atoms with Gasteiger partial charge in [0.05, 0.1) is 6.04 Å². The molecule has 1 unspecified atom stereocenters. The predicted molar refractivity (Wildman–Crippen MR) is 70.6 cm³/mol. The molecule has 6 heteroatoms. The van der Waals surface area contributed by atoms with Crippen LogP contribution in [0.2, 0.25) is 5.02 Å². The van der Waals surface area contributed by atoms with Gasteiger partial charge in [0.1, 0.15) is 5.75 Å². The summed E-state index contributed by atoms with van der Waals surface area (Å²) in [6.45, 7) is 0. The highest BCUT2D eigenvalue weighted by molar-refractivity contribution is 6.31. The van der Waals surface area contributed by atoms with Gasteiger partial charge in [-0.1, -0.05) is 41.9 Å². The molecule has 0 amide bonds. The normalized spacial score (nSPS) is 13.1. The third kappa shape index (κ3) is 3.65. The zero-order valence-corrected chi connectivity index (χ0v) is 10.9. The molecule has 2 N–H and O–H groups in total. The first-order valence-corrected chi connectivity index (χ1v) is 6.10. The smallest absolute Gasteiger partial charge is 0.406 e. The topological polar surface area (TPSA) is 35.2 Å². The molecule has 0 aliphatic carbocycles. The third-order valence-corrected chi connectivity index (χ3v) is 3.06. The molecule has 1 atom stereocenters. The molecular formula is C14H11ClF3NO. The molecular weight excluding hydrogens is 291 g/mol. The van der Waals surface area contributed by atoms with Crippen LogP contribution in [0, 0.1) is 0 Å². The Kier molecular flexibility index (Phi) is 4.20. The Bertz CT molecular complexity index is 584. The van der Waals surface area contributed by atoms with Crippen LogP contribution in [0.15, 0.2) is 48.5 Å². The van der Waals surface area contributed by atoms with E-state index in [9.17, 15) is 13.2 Å². The maximum Gasteiger partial charge on any atom is 0.573 e. The second kappa shape index (κ2) is 5.73. The molecule has 0 fully saturated rings. The molecule has 2 aromatic rings. The lowest BCUT2D eigenvalue weighted by Crippen LogP contribution is -2.17. The van der Waals surface area contributed by atoms with Gasteiger partial charge >= 0.3 is 6.36 Å².